The van der Waals surface area contributed by atoms with E-state index in [4.69, 9.17) is 4.99 Å². The van der Waals surface area contributed by atoms with E-state index in [2.05, 4.69) is 50.2 Å². The highest BCUT2D eigenvalue weighted by atomic mass is 127. The lowest BCUT2D eigenvalue weighted by atomic mass is 9.92. The van der Waals surface area contributed by atoms with Gasteiger partial charge in [-0.05, 0) is 38.5 Å². The van der Waals surface area contributed by atoms with Gasteiger partial charge in [0.1, 0.15) is 0 Å². The number of halogens is 1. The number of hydrogen-bond donors (Lipinski definition) is 2. The molecule has 5 heteroatoms. The molecule has 3 atom stereocenters. The third-order valence-corrected chi connectivity index (χ3v) is 3.97. The van der Waals surface area contributed by atoms with Gasteiger partial charge in [-0.25, -0.2) is 0 Å². The van der Waals surface area contributed by atoms with Crippen LogP contribution in [0.5, 0.6) is 0 Å². The van der Waals surface area contributed by atoms with Gasteiger partial charge in [0.05, 0.1) is 6.54 Å². The van der Waals surface area contributed by atoms with E-state index in [0.717, 1.165) is 43.9 Å². The molecule has 1 rings (SSSR count). The van der Waals surface area contributed by atoms with Crippen LogP contribution in [0.15, 0.2) is 4.99 Å². The van der Waals surface area contributed by atoms with Gasteiger partial charge in [0.25, 0.3) is 0 Å². The summed E-state index contributed by atoms with van der Waals surface area (Å²) in [4.78, 5) is 7.26. The number of piperidine rings is 1. The summed E-state index contributed by atoms with van der Waals surface area (Å²) in [5.41, 5.74) is 0. The van der Waals surface area contributed by atoms with Crippen LogP contribution in [0.4, 0.5) is 0 Å². The average Bonchev–Trinajstić information content (AvgIpc) is 2.37. The van der Waals surface area contributed by atoms with Crippen LogP contribution in [-0.4, -0.2) is 49.6 Å². The molecule has 4 nitrogen and oxygen atoms in total. The quantitative estimate of drug-likeness (QED) is 0.402. The molecule has 0 radical (unpaired) electrons. The number of likely N-dealkylation sites (tertiary alicyclic amines) is 1. The summed E-state index contributed by atoms with van der Waals surface area (Å²) in [6.45, 7) is 16.6. The molecule has 21 heavy (non-hydrogen) atoms. The van der Waals surface area contributed by atoms with E-state index in [0.29, 0.717) is 6.04 Å². The summed E-state index contributed by atoms with van der Waals surface area (Å²) in [5, 5.41) is 6.77. The van der Waals surface area contributed by atoms with Crippen LogP contribution in [0, 0.1) is 11.8 Å². The highest BCUT2D eigenvalue weighted by molar-refractivity contribution is 14.0. The molecule has 0 saturated carbocycles. The topological polar surface area (TPSA) is 39.7 Å². The predicted molar refractivity (Wildman–Crippen MR) is 104 cm³/mol. The van der Waals surface area contributed by atoms with Crippen molar-refractivity contribution in [3.05, 3.63) is 0 Å². The first kappa shape index (κ1) is 21.0. The first-order chi connectivity index (χ1) is 9.55. The third kappa shape index (κ3) is 8.86. The molecule has 0 aromatic carbocycles. The van der Waals surface area contributed by atoms with Crippen molar-refractivity contribution in [1.82, 2.24) is 15.5 Å². The monoisotopic (exact) mass is 410 g/mol. The number of aliphatic imine (C=N–C) groups is 1. The number of nitrogens with zero attached hydrogens (tertiary/aromatic N) is 2. The first-order valence-electron chi connectivity index (χ1n) is 8.32. The molecule has 1 aliphatic heterocycles. The fourth-order valence-corrected chi connectivity index (χ4v) is 2.93. The SMILES string of the molecule is CCNC(=NCCN1CC(C)CC(C)C1)NC(C)CC.I. The van der Waals surface area contributed by atoms with Crippen LogP contribution >= 0.6 is 24.0 Å². The lowest BCUT2D eigenvalue weighted by Gasteiger charge is -2.34. The van der Waals surface area contributed by atoms with Crippen LogP contribution in [0.3, 0.4) is 0 Å². The lowest BCUT2D eigenvalue weighted by molar-refractivity contribution is 0.145. The van der Waals surface area contributed by atoms with Gasteiger partial charge in [-0.3, -0.25) is 4.99 Å². The van der Waals surface area contributed by atoms with Gasteiger partial charge in [0.2, 0.25) is 0 Å². The Labute approximate surface area is 148 Å². The Hall–Kier alpha value is -0.0400. The van der Waals surface area contributed by atoms with E-state index in [1.807, 2.05) is 0 Å². The van der Waals surface area contributed by atoms with Gasteiger partial charge >= 0.3 is 0 Å². The van der Waals surface area contributed by atoms with E-state index >= 15 is 0 Å². The summed E-state index contributed by atoms with van der Waals surface area (Å²) < 4.78 is 0. The normalized spacial score (nSPS) is 25.1. The second kappa shape index (κ2) is 11.5. The highest BCUT2D eigenvalue weighted by Gasteiger charge is 2.20. The minimum absolute atomic E-state index is 0. The van der Waals surface area contributed by atoms with Crippen molar-refractivity contribution in [2.75, 3.05) is 32.7 Å². The molecule has 1 aliphatic rings. The van der Waals surface area contributed by atoms with Crippen molar-refractivity contribution in [3.63, 3.8) is 0 Å². The van der Waals surface area contributed by atoms with Gasteiger partial charge in [-0.2, -0.15) is 0 Å². The van der Waals surface area contributed by atoms with Crippen molar-refractivity contribution in [2.45, 2.75) is 53.5 Å². The van der Waals surface area contributed by atoms with Gasteiger partial charge in [0.15, 0.2) is 5.96 Å². The Morgan fingerprint density at radius 1 is 1.24 bits per heavy atom. The number of nitrogens with one attached hydrogen (secondary N) is 2. The zero-order valence-corrected chi connectivity index (χ0v) is 16.8. The Morgan fingerprint density at radius 2 is 1.86 bits per heavy atom. The summed E-state index contributed by atoms with van der Waals surface area (Å²) in [7, 11) is 0. The van der Waals surface area contributed by atoms with E-state index < -0.39 is 0 Å². The van der Waals surface area contributed by atoms with Crippen molar-refractivity contribution in [1.29, 1.82) is 0 Å². The van der Waals surface area contributed by atoms with Gasteiger partial charge in [-0.15, -0.1) is 24.0 Å². The summed E-state index contributed by atoms with van der Waals surface area (Å²) in [6.07, 6.45) is 2.49. The molecule has 0 aliphatic carbocycles. The van der Waals surface area contributed by atoms with Crippen LogP contribution in [0.25, 0.3) is 0 Å². The zero-order valence-electron chi connectivity index (χ0n) is 14.5. The first-order valence-corrected chi connectivity index (χ1v) is 8.32. The Kier molecular flexibility index (Phi) is 11.5. The van der Waals surface area contributed by atoms with E-state index in [1.165, 1.54) is 19.5 Å². The molecule has 2 N–H and O–H groups in total. The maximum Gasteiger partial charge on any atom is 0.191 e. The number of rotatable bonds is 6. The molecular formula is C16H35IN4. The highest BCUT2D eigenvalue weighted by Crippen LogP contribution is 2.20. The Morgan fingerprint density at radius 3 is 2.38 bits per heavy atom. The number of guanidine groups is 1. The van der Waals surface area contributed by atoms with Crippen LogP contribution in [0.1, 0.15) is 47.5 Å². The maximum absolute atomic E-state index is 4.70. The van der Waals surface area contributed by atoms with Gasteiger partial charge in [0, 0.05) is 32.2 Å². The minimum atomic E-state index is 0. The standard InChI is InChI=1S/C16H34N4.HI/c1-6-15(5)19-16(17-7-2)18-8-9-20-11-13(3)10-14(4)12-20;/h13-15H,6-12H2,1-5H3,(H2,17,18,19);1H. The lowest BCUT2D eigenvalue weighted by Crippen LogP contribution is -2.43. The van der Waals surface area contributed by atoms with E-state index in [9.17, 15) is 0 Å². The summed E-state index contributed by atoms with van der Waals surface area (Å²) in [5.74, 6) is 2.61. The summed E-state index contributed by atoms with van der Waals surface area (Å²) >= 11 is 0. The zero-order chi connectivity index (χ0) is 15.0. The van der Waals surface area contributed by atoms with Crippen molar-refractivity contribution in [3.8, 4) is 0 Å². The van der Waals surface area contributed by atoms with Gasteiger partial charge in [-0.1, -0.05) is 20.8 Å². The molecule has 1 fully saturated rings. The maximum atomic E-state index is 4.70. The van der Waals surface area contributed by atoms with E-state index in [-0.39, 0.29) is 24.0 Å². The largest absolute Gasteiger partial charge is 0.357 e. The average molecular weight is 410 g/mol. The van der Waals surface area contributed by atoms with Gasteiger partial charge < -0.3 is 15.5 Å². The number of hydrogen-bond acceptors (Lipinski definition) is 2. The van der Waals surface area contributed by atoms with Crippen molar-refractivity contribution >= 4 is 29.9 Å². The second-order valence-electron chi connectivity index (χ2n) is 6.42. The fraction of sp³-hybridized carbons (Fsp3) is 0.938. The van der Waals surface area contributed by atoms with Crippen molar-refractivity contribution < 1.29 is 0 Å². The minimum Gasteiger partial charge on any atom is -0.357 e. The molecule has 126 valence electrons. The molecule has 1 saturated heterocycles. The fourth-order valence-electron chi connectivity index (χ4n) is 2.93. The molecule has 0 spiro atoms. The van der Waals surface area contributed by atoms with Crippen LogP contribution < -0.4 is 10.6 Å². The summed E-state index contributed by atoms with van der Waals surface area (Å²) in [6, 6.07) is 0.475. The molecular weight excluding hydrogens is 375 g/mol. The molecule has 0 aromatic rings. The Bertz CT molecular complexity index is 286. The smallest absolute Gasteiger partial charge is 0.191 e. The second-order valence-corrected chi connectivity index (χ2v) is 6.42. The van der Waals surface area contributed by atoms with Crippen LogP contribution in [-0.2, 0) is 0 Å². The molecule has 0 aromatic heterocycles. The van der Waals surface area contributed by atoms with Crippen LogP contribution in [0.2, 0.25) is 0 Å². The predicted octanol–water partition coefficient (Wildman–Crippen LogP) is 2.94. The molecule has 1 heterocycles. The third-order valence-electron chi connectivity index (χ3n) is 3.97. The van der Waals surface area contributed by atoms with E-state index in [1.54, 1.807) is 0 Å². The van der Waals surface area contributed by atoms with Crippen molar-refractivity contribution in [2.24, 2.45) is 16.8 Å². The Balaban J connectivity index is 0.00000400. The molecule has 0 bridgehead atoms. The molecule has 3 unspecified atom stereocenters. The molecule has 0 amide bonds.